The molecule has 0 aliphatic carbocycles. The van der Waals surface area contributed by atoms with Crippen molar-refractivity contribution < 1.29 is 36.5 Å². The molecule has 0 spiro atoms. The zero-order chi connectivity index (χ0) is 15.7. The molecule has 0 aliphatic rings. The summed E-state index contributed by atoms with van der Waals surface area (Å²) in [5.41, 5.74) is -1.50. The number of benzene rings is 1. The molecule has 1 aromatic carbocycles. The average molecular weight is 297 g/mol. The second-order valence-electron chi connectivity index (χ2n) is 3.53. The van der Waals surface area contributed by atoms with Gasteiger partial charge in [0.05, 0.1) is 4.92 Å². The summed E-state index contributed by atoms with van der Waals surface area (Å²) in [4.78, 5) is 31.1. The summed E-state index contributed by atoms with van der Waals surface area (Å²) >= 11 is 0. The molecule has 0 aliphatic heterocycles. The van der Waals surface area contributed by atoms with Crippen molar-refractivity contribution in [1.82, 2.24) is 0 Å². The molecule has 5 nitrogen and oxygen atoms in total. The lowest BCUT2D eigenvalue weighted by Crippen LogP contribution is -2.45. The van der Waals surface area contributed by atoms with Crippen LogP contribution in [0, 0.1) is 10.1 Å². The quantitative estimate of drug-likeness (QED) is 0.281. The number of nitrogens with zero attached hydrogens (tertiary/aromatic N) is 1. The van der Waals surface area contributed by atoms with Gasteiger partial charge in [0, 0.05) is 17.7 Å². The van der Waals surface area contributed by atoms with E-state index < -0.39 is 39.8 Å². The van der Waals surface area contributed by atoms with Crippen molar-refractivity contribution in [2.24, 2.45) is 0 Å². The second kappa shape index (κ2) is 4.94. The molecule has 0 radical (unpaired) electrons. The standard InChI is InChI=1S/C10H4F5NO4/c11-9(12,8(18)10(13,14)15)7(17)5-1-3-6(4-2-5)16(19)20/h1-4H. The van der Waals surface area contributed by atoms with Gasteiger partial charge in [-0.25, -0.2) is 0 Å². The number of nitro benzene ring substituents is 1. The van der Waals surface area contributed by atoms with Crippen LogP contribution in [0.3, 0.4) is 0 Å². The molecule has 0 heterocycles. The van der Waals surface area contributed by atoms with Gasteiger partial charge in [0.15, 0.2) is 0 Å². The number of nitro groups is 1. The zero-order valence-corrected chi connectivity index (χ0v) is 9.28. The third-order valence-corrected chi connectivity index (χ3v) is 2.17. The van der Waals surface area contributed by atoms with E-state index in [-0.39, 0.29) is 0 Å². The van der Waals surface area contributed by atoms with Gasteiger partial charge in [-0.1, -0.05) is 0 Å². The van der Waals surface area contributed by atoms with Gasteiger partial charge in [0.2, 0.25) is 5.78 Å². The molecule has 0 unspecified atom stereocenters. The Morgan fingerprint density at radius 3 is 1.80 bits per heavy atom. The van der Waals surface area contributed by atoms with Crippen LogP contribution in [0.1, 0.15) is 10.4 Å². The predicted molar refractivity (Wildman–Crippen MR) is 53.4 cm³/mol. The van der Waals surface area contributed by atoms with Gasteiger partial charge in [-0.15, -0.1) is 0 Å². The van der Waals surface area contributed by atoms with E-state index in [2.05, 4.69) is 0 Å². The highest BCUT2D eigenvalue weighted by Gasteiger charge is 2.59. The van der Waals surface area contributed by atoms with Crippen LogP contribution < -0.4 is 0 Å². The molecule has 0 atom stereocenters. The Balaban J connectivity index is 3.11. The highest BCUT2D eigenvalue weighted by atomic mass is 19.4. The Morgan fingerprint density at radius 2 is 1.45 bits per heavy atom. The second-order valence-corrected chi connectivity index (χ2v) is 3.53. The van der Waals surface area contributed by atoms with E-state index in [1.54, 1.807) is 0 Å². The van der Waals surface area contributed by atoms with E-state index in [1.807, 2.05) is 0 Å². The Bertz CT molecular complexity index is 564. The molecule has 1 rings (SSSR count). The van der Waals surface area contributed by atoms with Crippen LogP contribution >= 0.6 is 0 Å². The molecule has 0 amide bonds. The molecule has 108 valence electrons. The topological polar surface area (TPSA) is 77.3 Å². The summed E-state index contributed by atoms with van der Waals surface area (Å²) < 4.78 is 62.0. The van der Waals surface area contributed by atoms with E-state index in [1.165, 1.54) is 0 Å². The van der Waals surface area contributed by atoms with Crippen LogP contribution in [-0.2, 0) is 4.79 Å². The van der Waals surface area contributed by atoms with Crippen LogP contribution in [0.5, 0.6) is 0 Å². The zero-order valence-electron chi connectivity index (χ0n) is 9.28. The summed E-state index contributed by atoms with van der Waals surface area (Å²) in [6, 6.07) is 2.39. The highest BCUT2D eigenvalue weighted by Crippen LogP contribution is 2.31. The van der Waals surface area contributed by atoms with Crippen molar-refractivity contribution in [3.63, 3.8) is 0 Å². The van der Waals surface area contributed by atoms with Gasteiger partial charge < -0.3 is 0 Å². The van der Waals surface area contributed by atoms with E-state index in [0.29, 0.717) is 24.3 Å². The lowest BCUT2D eigenvalue weighted by molar-refractivity contribution is -0.384. The molecule has 0 N–H and O–H groups in total. The van der Waals surface area contributed by atoms with Crippen LogP contribution in [0.2, 0.25) is 0 Å². The molecule has 20 heavy (non-hydrogen) atoms. The van der Waals surface area contributed by atoms with E-state index in [4.69, 9.17) is 0 Å². The smallest absolute Gasteiger partial charge is 0.287 e. The number of alkyl halides is 5. The number of halogens is 5. The molecule has 10 heteroatoms. The van der Waals surface area contributed by atoms with Gasteiger partial charge in [-0.05, 0) is 12.1 Å². The average Bonchev–Trinajstić information content (AvgIpc) is 2.35. The van der Waals surface area contributed by atoms with Crippen LogP contribution in [0.25, 0.3) is 0 Å². The molecular weight excluding hydrogens is 293 g/mol. The first-order chi connectivity index (χ1) is 8.98. The number of Topliss-reactive ketones (excluding diaryl/α,β-unsaturated/α-hetero) is 2. The summed E-state index contributed by atoms with van der Waals surface area (Å²) in [6.45, 7) is 0. The van der Waals surface area contributed by atoms with Crippen molar-refractivity contribution in [2.45, 2.75) is 12.1 Å². The molecule has 0 saturated heterocycles. The monoisotopic (exact) mass is 297 g/mol. The molecule has 0 fully saturated rings. The maximum Gasteiger partial charge on any atom is 0.456 e. The minimum absolute atomic E-state index is 0.540. The highest BCUT2D eigenvalue weighted by molar-refractivity contribution is 6.17. The van der Waals surface area contributed by atoms with Gasteiger partial charge in [-0.3, -0.25) is 19.7 Å². The third kappa shape index (κ3) is 2.95. The Labute approximate surface area is 107 Å². The van der Waals surface area contributed by atoms with Crippen LogP contribution in [0.4, 0.5) is 27.6 Å². The molecule has 0 bridgehead atoms. The minimum Gasteiger partial charge on any atom is -0.287 e. The fraction of sp³-hybridized carbons (Fsp3) is 0.200. The first kappa shape index (κ1) is 15.7. The van der Waals surface area contributed by atoms with Crippen LogP contribution in [0.15, 0.2) is 24.3 Å². The fourth-order valence-corrected chi connectivity index (χ4v) is 1.20. The van der Waals surface area contributed by atoms with Crippen molar-refractivity contribution in [1.29, 1.82) is 0 Å². The summed E-state index contributed by atoms with van der Waals surface area (Å²) in [5.74, 6) is -11.2. The van der Waals surface area contributed by atoms with Gasteiger partial charge in [0.25, 0.3) is 5.69 Å². The third-order valence-electron chi connectivity index (χ3n) is 2.17. The van der Waals surface area contributed by atoms with Crippen molar-refractivity contribution >= 4 is 17.3 Å². The fourth-order valence-electron chi connectivity index (χ4n) is 1.20. The Morgan fingerprint density at radius 1 is 1.00 bits per heavy atom. The number of rotatable bonds is 4. The lowest BCUT2D eigenvalue weighted by Gasteiger charge is -2.15. The number of non-ortho nitro benzene ring substituents is 1. The van der Waals surface area contributed by atoms with Gasteiger partial charge in [0.1, 0.15) is 0 Å². The van der Waals surface area contributed by atoms with E-state index in [9.17, 15) is 41.7 Å². The number of hydrogen-bond acceptors (Lipinski definition) is 4. The molecular formula is C10H4F5NO4. The SMILES string of the molecule is O=C(c1ccc([N+](=O)[O-])cc1)C(F)(F)C(=O)C(F)(F)F. The number of carbonyl (C=O) groups is 2. The van der Waals surface area contributed by atoms with Crippen molar-refractivity contribution in [3.05, 3.63) is 39.9 Å². The number of ketones is 2. The van der Waals surface area contributed by atoms with Gasteiger partial charge in [-0.2, -0.15) is 22.0 Å². The summed E-state index contributed by atoms with van der Waals surface area (Å²) in [6.07, 6.45) is -5.88. The molecule has 0 saturated carbocycles. The lowest BCUT2D eigenvalue weighted by atomic mass is 10.0. The molecule has 1 aromatic rings. The normalized spacial score (nSPS) is 12.1. The van der Waals surface area contributed by atoms with E-state index >= 15 is 0 Å². The van der Waals surface area contributed by atoms with Crippen molar-refractivity contribution in [2.75, 3.05) is 0 Å². The van der Waals surface area contributed by atoms with Gasteiger partial charge >= 0.3 is 17.9 Å². The Hall–Kier alpha value is -2.39. The first-order valence-electron chi connectivity index (χ1n) is 4.76. The summed E-state index contributed by atoms with van der Waals surface area (Å²) in [5, 5.41) is 10.3. The maximum absolute atomic E-state index is 13.1. The largest absolute Gasteiger partial charge is 0.456 e. The van der Waals surface area contributed by atoms with Crippen LogP contribution in [-0.4, -0.2) is 28.6 Å². The maximum atomic E-state index is 13.1. The Kier molecular flexibility index (Phi) is 3.87. The number of carbonyl (C=O) groups excluding carboxylic acids is 2. The van der Waals surface area contributed by atoms with Crippen molar-refractivity contribution in [3.8, 4) is 0 Å². The number of hydrogen-bond donors (Lipinski definition) is 0. The molecule has 0 aromatic heterocycles. The van der Waals surface area contributed by atoms with E-state index in [0.717, 1.165) is 0 Å². The predicted octanol–water partition coefficient (Wildman–Crippen LogP) is 2.54. The first-order valence-corrected chi connectivity index (χ1v) is 4.76. The minimum atomic E-state index is -5.88. The summed E-state index contributed by atoms with van der Waals surface area (Å²) in [7, 11) is 0.